The van der Waals surface area contributed by atoms with Crippen LogP contribution in [0.25, 0.3) is 0 Å². The molecule has 0 atom stereocenters. The molecule has 0 saturated carbocycles. The average Bonchev–Trinajstić information content (AvgIpc) is 3.42. The molecule has 0 aliphatic carbocycles. The fourth-order valence-electron chi connectivity index (χ4n) is 3.94. The number of amides is 2. The molecule has 3 heterocycles. The molecule has 0 spiro atoms. The topological polar surface area (TPSA) is 65.5 Å². The maximum atomic E-state index is 12.8. The third-order valence-electron chi connectivity index (χ3n) is 5.53. The minimum atomic E-state index is -0.344. The number of nitrogens with zero attached hydrogens (tertiary/aromatic N) is 3. The zero-order valence-electron chi connectivity index (χ0n) is 15.9. The second kappa shape index (κ2) is 9.00. The van der Waals surface area contributed by atoms with E-state index in [1.165, 1.54) is 43.3 Å². The Morgan fingerprint density at radius 3 is 2.48 bits per heavy atom. The molecule has 2 amide bonds. The van der Waals surface area contributed by atoms with Gasteiger partial charge in [-0.05, 0) is 57.0 Å². The minimum Gasteiger partial charge on any atom is -0.337 e. The number of aromatic nitrogens is 1. The molecule has 2 fully saturated rings. The van der Waals surface area contributed by atoms with Gasteiger partial charge in [0.05, 0.1) is 10.0 Å². The molecule has 154 valence electrons. The van der Waals surface area contributed by atoms with Crippen molar-refractivity contribution in [3.05, 3.63) is 44.9 Å². The number of hydrogen-bond acceptors (Lipinski definition) is 5. The Morgan fingerprint density at radius 2 is 1.79 bits per heavy atom. The number of likely N-dealkylation sites (tertiary alicyclic amines) is 2. The molecule has 1 N–H and O–H groups in total. The van der Waals surface area contributed by atoms with Gasteiger partial charge >= 0.3 is 0 Å². The molecule has 9 heteroatoms. The van der Waals surface area contributed by atoms with Crippen LogP contribution < -0.4 is 5.32 Å². The second-order valence-electron chi connectivity index (χ2n) is 7.39. The number of anilines is 1. The van der Waals surface area contributed by atoms with Crippen LogP contribution in [0, 0.1) is 0 Å². The number of halogens is 2. The summed E-state index contributed by atoms with van der Waals surface area (Å²) in [6.45, 7) is 3.88. The molecule has 29 heavy (non-hydrogen) atoms. The highest BCUT2D eigenvalue weighted by molar-refractivity contribution is 7.14. The first-order valence-electron chi connectivity index (χ1n) is 9.76. The van der Waals surface area contributed by atoms with Crippen molar-refractivity contribution in [3.63, 3.8) is 0 Å². The summed E-state index contributed by atoms with van der Waals surface area (Å²) < 4.78 is 0. The molecule has 2 saturated heterocycles. The summed E-state index contributed by atoms with van der Waals surface area (Å²) in [5.74, 6) is -0.417. The van der Waals surface area contributed by atoms with Crippen LogP contribution >= 0.6 is 34.5 Å². The van der Waals surface area contributed by atoms with E-state index in [2.05, 4.69) is 15.2 Å². The van der Waals surface area contributed by atoms with E-state index >= 15 is 0 Å². The molecule has 0 unspecified atom stereocenters. The zero-order valence-corrected chi connectivity index (χ0v) is 18.2. The van der Waals surface area contributed by atoms with Crippen molar-refractivity contribution < 1.29 is 9.59 Å². The maximum Gasteiger partial charge on any atom is 0.273 e. The van der Waals surface area contributed by atoms with E-state index in [0.717, 1.165) is 25.9 Å². The molecule has 2 aliphatic heterocycles. The normalized spacial score (nSPS) is 18.2. The smallest absolute Gasteiger partial charge is 0.273 e. The van der Waals surface area contributed by atoms with Crippen molar-refractivity contribution in [1.29, 1.82) is 0 Å². The van der Waals surface area contributed by atoms with Crippen LogP contribution in [0.1, 0.15) is 46.5 Å². The third kappa shape index (κ3) is 4.74. The van der Waals surface area contributed by atoms with Crippen LogP contribution in [-0.2, 0) is 0 Å². The summed E-state index contributed by atoms with van der Waals surface area (Å²) in [5.41, 5.74) is 0.755. The predicted molar refractivity (Wildman–Crippen MR) is 116 cm³/mol. The lowest BCUT2D eigenvalue weighted by molar-refractivity contribution is 0.0639. The van der Waals surface area contributed by atoms with Gasteiger partial charge in [-0.25, -0.2) is 4.98 Å². The molecule has 6 nitrogen and oxygen atoms in total. The number of thiazole rings is 1. The summed E-state index contributed by atoms with van der Waals surface area (Å²) in [4.78, 5) is 33.9. The minimum absolute atomic E-state index is 0.0730. The highest BCUT2D eigenvalue weighted by Crippen LogP contribution is 2.25. The van der Waals surface area contributed by atoms with Crippen molar-refractivity contribution in [3.8, 4) is 0 Å². The van der Waals surface area contributed by atoms with Crippen LogP contribution in [0.3, 0.4) is 0 Å². The third-order valence-corrected chi connectivity index (χ3v) is 7.03. The van der Waals surface area contributed by atoms with Crippen molar-refractivity contribution in [1.82, 2.24) is 14.8 Å². The number of rotatable bonds is 4. The molecule has 2 aromatic rings. The average molecular weight is 453 g/mol. The van der Waals surface area contributed by atoms with Crippen LogP contribution in [0.2, 0.25) is 10.0 Å². The Labute approximate surface area is 183 Å². The number of hydrogen-bond donors (Lipinski definition) is 1. The van der Waals surface area contributed by atoms with E-state index in [0.29, 0.717) is 32.5 Å². The quantitative estimate of drug-likeness (QED) is 0.745. The number of piperidine rings is 1. The first kappa shape index (κ1) is 20.6. The molecule has 1 aromatic heterocycles. The Hall–Kier alpha value is -1.67. The van der Waals surface area contributed by atoms with E-state index in [-0.39, 0.29) is 11.8 Å². The Morgan fingerprint density at radius 1 is 1.07 bits per heavy atom. The van der Waals surface area contributed by atoms with Gasteiger partial charge in [0.15, 0.2) is 5.13 Å². The molecular weight excluding hydrogens is 431 g/mol. The maximum absolute atomic E-state index is 12.8. The van der Waals surface area contributed by atoms with Gasteiger partial charge in [-0.15, -0.1) is 11.3 Å². The van der Waals surface area contributed by atoms with E-state index in [9.17, 15) is 9.59 Å². The lowest BCUT2D eigenvalue weighted by Crippen LogP contribution is -2.46. The lowest BCUT2D eigenvalue weighted by atomic mass is 10.0. The van der Waals surface area contributed by atoms with E-state index < -0.39 is 0 Å². The molecule has 0 bridgehead atoms. The highest BCUT2D eigenvalue weighted by atomic mass is 35.5. The van der Waals surface area contributed by atoms with Gasteiger partial charge in [-0.2, -0.15) is 0 Å². The monoisotopic (exact) mass is 452 g/mol. The number of nitrogens with one attached hydrogen (secondary N) is 1. The van der Waals surface area contributed by atoms with Crippen LogP contribution in [0.15, 0.2) is 23.6 Å². The fourth-order valence-corrected chi connectivity index (χ4v) is 4.92. The van der Waals surface area contributed by atoms with Crippen molar-refractivity contribution in [2.45, 2.75) is 31.7 Å². The number of carbonyl (C=O) groups is 2. The second-order valence-corrected chi connectivity index (χ2v) is 9.06. The summed E-state index contributed by atoms with van der Waals surface area (Å²) >= 11 is 13.1. The largest absolute Gasteiger partial charge is 0.337 e. The number of benzene rings is 1. The predicted octanol–water partition coefficient (Wildman–Crippen LogP) is 4.40. The fraction of sp³-hybridized carbons (Fsp3) is 0.450. The SMILES string of the molecule is O=C(Nc1nc(C(=O)N2CCC(N3CCCC3)CC2)cs1)c1ccc(Cl)c(Cl)c1. The van der Waals surface area contributed by atoms with Crippen molar-refractivity contribution >= 4 is 51.5 Å². The molecule has 0 radical (unpaired) electrons. The van der Waals surface area contributed by atoms with Gasteiger partial charge in [-0.3, -0.25) is 14.9 Å². The van der Waals surface area contributed by atoms with E-state index in [1.54, 1.807) is 17.5 Å². The van der Waals surface area contributed by atoms with Gasteiger partial charge in [0.1, 0.15) is 5.69 Å². The summed E-state index contributed by atoms with van der Waals surface area (Å²) in [7, 11) is 0. The van der Waals surface area contributed by atoms with Crippen molar-refractivity contribution in [2.75, 3.05) is 31.5 Å². The Balaban J connectivity index is 1.34. The number of carbonyl (C=O) groups excluding carboxylic acids is 2. The van der Waals surface area contributed by atoms with E-state index in [1.807, 2.05) is 4.90 Å². The van der Waals surface area contributed by atoms with Crippen LogP contribution in [0.5, 0.6) is 0 Å². The summed E-state index contributed by atoms with van der Waals surface area (Å²) in [5, 5.41) is 5.50. The zero-order chi connectivity index (χ0) is 20.4. The Bertz CT molecular complexity index is 906. The van der Waals surface area contributed by atoms with Gasteiger partial charge in [0, 0.05) is 30.1 Å². The Kier molecular flexibility index (Phi) is 6.39. The van der Waals surface area contributed by atoms with Crippen LogP contribution in [0.4, 0.5) is 5.13 Å². The molecular formula is C20H22Cl2N4O2S. The highest BCUT2D eigenvalue weighted by Gasteiger charge is 2.29. The van der Waals surface area contributed by atoms with Crippen LogP contribution in [-0.4, -0.2) is 58.8 Å². The van der Waals surface area contributed by atoms with Gasteiger partial charge in [0.25, 0.3) is 11.8 Å². The molecule has 2 aliphatic rings. The van der Waals surface area contributed by atoms with E-state index in [4.69, 9.17) is 23.2 Å². The first-order valence-corrected chi connectivity index (χ1v) is 11.4. The first-order chi connectivity index (χ1) is 14.0. The van der Waals surface area contributed by atoms with Gasteiger partial charge < -0.3 is 9.80 Å². The van der Waals surface area contributed by atoms with Gasteiger partial charge in [-0.1, -0.05) is 23.2 Å². The van der Waals surface area contributed by atoms with Crippen molar-refractivity contribution in [2.24, 2.45) is 0 Å². The van der Waals surface area contributed by atoms with Gasteiger partial charge in [0.2, 0.25) is 0 Å². The summed E-state index contributed by atoms with van der Waals surface area (Å²) in [6, 6.07) is 5.26. The lowest BCUT2D eigenvalue weighted by Gasteiger charge is -2.36. The molecule has 1 aromatic carbocycles. The standard InChI is InChI=1S/C20H22Cl2N4O2S/c21-15-4-3-13(11-16(15)22)18(27)24-20-23-17(12-29-20)19(28)26-9-5-14(6-10-26)25-7-1-2-8-25/h3-4,11-12,14H,1-2,5-10H2,(H,23,24,27). The molecule has 4 rings (SSSR count). The summed E-state index contributed by atoms with van der Waals surface area (Å²) in [6.07, 6.45) is 4.59.